The van der Waals surface area contributed by atoms with Gasteiger partial charge in [-0.2, -0.15) is 0 Å². The molecule has 0 bridgehead atoms. The van der Waals surface area contributed by atoms with Gasteiger partial charge in [0.05, 0.1) is 12.4 Å². The average molecular weight is 260 g/mol. The van der Waals surface area contributed by atoms with Gasteiger partial charge >= 0.3 is 0 Å². The average Bonchev–Trinajstić information content (AvgIpc) is 2.96. The second-order valence-electron chi connectivity index (χ2n) is 3.93. The highest BCUT2D eigenvalue weighted by Crippen LogP contribution is 2.00. The summed E-state index contributed by atoms with van der Waals surface area (Å²) in [7, 11) is 1.73. The fourth-order valence-electron chi connectivity index (χ4n) is 1.58. The van der Waals surface area contributed by atoms with Crippen molar-refractivity contribution in [1.29, 1.82) is 0 Å². The molecule has 0 aliphatic heterocycles. The first-order valence-corrected chi connectivity index (χ1v) is 6.06. The highest BCUT2D eigenvalue weighted by atomic mass is 16.1. The van der Waals surface area contributed by atoms with Crippen LogP contribution in [0.2, 0.25) is 0 Å². The Bertz CT molecular complexity index is 525. The van der Waals surface area contributed by atoms with Gasteiger partial charge in [0.25, 0.3) is 5.91 Å². The Morgan fingerprint density at radius 3 is 3.05 bits per heavy atom. The molecular formula is C12H16N6O. The van der Waals surface area contributed by atoms with Crippen molar-refractivity contribution in [2.45, 2.75) is 12.8 Å². The number of carbonyl (C=O) groups excluding carboxylic acids is 1. The standard InChI is InChI=1S/C12H16N6O/c1-13-11-8-14-7-9(18-11)12(19)17-4-2-3-10-15-5-6-16-10/h5-8H,2-4H2,1H3,(H,13,18)(H,15,16)(H,17,19). The lowest BCUT2D eigenvalue weighted by Crippen LogP contribution is -2.26. The molecule has 0 saturated heterocycles. The molecule has 0 aromatic carbocycles. The van der Waals surface area contributed by atoms with Gasteiger partial charge in [-0.25, -0.2) is 9.97 Å². The molecule has 7 nitrogen and oxygen atoms in total. The summed E-state index contributed by atoms with van der Waals surface area (Å²) >= 11 is 0. The molecule has 0 radical (unpaired) electrons. The Morgan fingerprint density at radius 1 is 1.42 bits per heavy atom. The van der Waals surface area contributed by atoms with Gasteiger partial charge in [0.2, 0.25) is 0 Å². The van der Waals surface area contributed by atoms with Crippen LogP contribution in [-0.2, 0) is 6.42 Å². The number of anilines is 1. The van der Waals surface area contributed by atoms with Crippen molar-refractivity contribution < 1.29 is 4.79 Å². The molecule has 0 spiro atoms. The number of nitrogens with zero attached hydrogens (tertiary/aromatic N) is 3. The molecule has 0 aliphatic rings. The maximum Gasteiger partial charge on any atom is 0.271 e. The zero-order chi connectivity index (χ0) is 13.5. The predicted octanol–water partition coefficient (Wildman–Crippen LogP) is 0.604. The third-order valence-electron chi connectivity index (χ3n) is 2.55. The van der Waals surface area contributed by atoms with Crippen LogP contribution in [0.15, 0.2) is 24.8 Å². The molecule has 2 aromatic heterocycles. The van der Waals surface area contributed by atoms with Gasteiger partial charge in [0, 0.05) is 32.4 Å². The van der Waals surface area contributed by atoms with Crippen LogP contribution in [0.4, 0.5) is 5.82 Å². The van der Waals surface area contributed by atoms with E-state index in [2.05, 4.69) is 30.6 Å². The van der Waals surface area contributed by atoms with Crippen LogP contribution in [-0.4, -0.2) is 39.4 Å². The van der Waals surface area contributed by atoms with Gasteiger partial charge in [-0.15, -0.1) is 0 Å². The van der Waals surface area contributed by atoms with Crippen molar-refractivity contribution >= 4 is 11.7 Å². The Labute approximate surface area is 110 Å². The summed E-state index contributed by atoms with van der Waals surface area (Å²) in [4.78, 5) is 27.0. The molecule has 2 rings (SSSR count). The molecule has 19 heavy (non-hydrogen) atoms. The monoisotopic (exact) mass is 260 g/mol. The van der Waals surface area contributed by atoms with E-state index in [1.54, 1.807) is 25.6 Å². The number of hydrogen-bond donors (Lipinski definition) is 3. The van der Waals surface area contributed by atoms with Gasteiger partial charge in [0.1, 0.15) is 17.3 Å². The first-order chi connectivity index (χ1) is 9.29. The van der Waals surface area contributed by atoms with E-state index in [9.17, 15) is 4.79 Å². The maximum absolute atomic E-state index is 11.8. The lowest BCUT2D eigenvalue weighted by Gasteiger charge is -2.05. The van der Waals surface area contributed by atoms with Crippen LogP contribution in [0.5, 0.6) is 0 Å². The fourth-order valence-corrected chi connectivity index (χ4v) is 1.58. The topological polar surface area (TPSA) is 95.6 Å². The summed E-state index contributed by atoms with van der Waals surface area (Å²) < 4.78 is 0. The smallest absolute Gasteiger partial charge is 0.271 e. The molecule has 0 aliphatic carbocycles. The maximum atomic E-state index is 11.8. The number of aryl methyl sites for hydroxylation is 1. The Morgan fingerprint density at radius 2 is 2.32 bits per heavy atom. The molecule has 2 heterocycles. The molecule has 0 atom stereocenters. The third kappa shape index (κ3) is 3.77. The second kappa shape index (κ2) is 6.48. The number of hydrogen-bond acceptors (Lipinski definition) is 5. The van der Waals surface area contributed by atoms with Crippen LogP contribution in [0.3, 0.4) is 0 Å². The van der Waals surface area contributed by atoms with Gasteiger partial charge in [-0.1, -0.05) is 0 Å². The van der Waals surface area contributed by atoms with Crippen molar-refractivity contribution in [1.82, 2.24) is 25.3 Å². The summed E-state index contributed by atoms with van der Waals surface area (Å²) in [6.45, 7) is 0.574. The molecule has 0 saturated carbocycles. The predicted molar refractivity (Wildman–Crippen MR) is 70.8 cm³/mol. The van der Waals surface area contributed by atoms with Gasteiger partial charge in [0.15, 0.2) is 0 Å². The van der Waals surface area contributed by atoms with E-state index in [1.807, 2.05) is 0 Å². The third-order valence-corrected chi connectivity index (χ3v) is 2.55. The Kier molecular flexibility index (Phi) is 4.44. The largest absolute Gasteiger partial charge is 0.372 e. The molecule has 3 N–H and O–H groups in total. The molecular weight excluding hydrogens is 244 g/mol. The van der Waals surface area contributed by atoms with Gasteiger partial charge in [-0.05, 0) is 6.42 Å². The highest BCUT2D eigenvalue weighted by molar-refractivity contribution is 5.92. The number of imidazole rings is 1. The van der Waals surface area contributed by atoms with Gasteiger partial charge < -0.3 is 15.6 Å². The SMILES string of the molecule is CNc1cncc(C(=O)NCCCc2ncc[nH]2)n1. The normalized spacial score (nSPS) is 10.2. The molecule has 7 heteroatoms. The van der Waals surface area contributed by atoms with E-state index in [1.165, 1.54) is 6.20 Å². The van der Waals surface area contributed by atoms with E-state index in [0.29, 0.717) is 18.1 Å². The first kappa shape index (κ1) is 13.0. The summed E-state index contributed by atoms with van der Waals surface area (Å²) in [6.07, 6.45) is 8.13. The zero-order valence-corrected chi connectivity index (χ0v) is 10.7. The van der Waals surface area contributed by atoms with E-state index in [0.717, 1.165) is 18.7 Å². The van der Waals surface area contributed by atoms with Crippen molar-refractivity contribution in [2.24, 2.45) is 0 Å². The molecule has 1 amide bonds. The molecule has 2 aromatic rings. The van der Waals surface area contributed by atoms with Crippen molar-refractivity contribution in [3.05, 3.63) is 36.3 Å². The van der Waals surface area contributed by atoms with Gasteiger partial charge in [-0.3, -0.25) is 9.78 Å². The highest BCUT2D eigenvalue weighted by Gasteiger charge is 2.07. The van der Waals surface area contributed by atoms with E-state index >= 15 is 0 Å². The Balaban J connectivity index is 1.77. The number of rotatable bonds is 6. The molecule has 100 valence electrons. The number of aromatic amines is 1. The minimum atomic E-state index is -0.218. The van der Waals surface area contributed by atoms with Crippen LogP contribution >= 0.6 is 0 Å². The van der Waals surface area contributed by atoms with Crippen molar-refractivity contribution in [3.8, 4) is 0 Å². The van der Waals surface area contributed by atoms with Crippen LogP contribution < -0.4 is 10.6 Å². The number of carbonyl (C=O) groups is 1. The first-order valence-electron chi connectivity index (χ1n) is 6.06. The lowest BCUT2D eigenvalue weighted by atomic mass is 10.3. The van der Waals surface area contributed by atoms with E-state index in [-0.39, 0.29) is 5.91 Å². The number of nitrogens with one attached hydrogen (secondary N) is 3. The summed E-state index contributed by atoms with van der Waals surface area (Å²) in [5.41, 5.74) is 0.310. The van der Waals surface area contributed by atoms with Crippen LogP contribution in [0.25, 0.3) is 0 Å². The summed E-state index contributed by atoms with van der Waals surface area (Å²) in [5, 5.41) is 5.64. The second-order valence-corrected chi connectivity index (χ2v) is 3.93. The van der Waals surface area contributed by atoms with Crippen LogP contribution in [0, 0.1) is 0 Å². The number of H-pyrrole nitrogens is 1. The fraction of sp³-hybridized carbons (Fsp3) is 0.333. The quantitative estimate of drug-likeness (QED) is 0.661. The minimum Gasteiger partial charge on any atom is -0.372 e. The molecule has 0 unspecified atom stereocenters. The zero-order valence-electron chi connectivity index (χ0n) is 10.7. The van der Waals surface area contributed by atoms with E-state index < -0.39 is 0 Å². The number of aromatic nitrogens is 4. The van der Waals surface area contributed by atoms with Crippen molar-refractivity contribution in [2.75, 3.05) is 18.9 Å². The number of amides is 1. The van der Waals surface area contributed by atoms with E-state index in [4.69, 9.17) is 0 Å². The van der Waals surface area contributed by atoms with Crippen molar-refractivity contribution in [3.63, 3.8) is 0 Å². The lowest BCUT2D eigenvalue weighted by molar-refractivity contribution is 0.0948. The summed E-state index contributed by atoms with van der Waals surface area (Å²) in [6, 6.07) is 0. The minimum absolute atomic E-state index is 0.218. The summed E-state index contributed by atoms with van der Waals surface area (Å²) in [5.74, 6) is 1.28. The van der Waals surface area contributed by atoms with Crippen LogP contribution in [0.1, 0.15) is 22.7 Å². The molecule has 0 fully saturated rings. The Hall–Kier alpha value is -2.44.